The number of anilines is 5. The Morgan fingerprint density at radius 1 is 0.688 bits per heavy atom. The Morgan fingerprint density at radius 2 is 1.19 bits per heavy atom. The smallest absolute Gasteiger partial charge is 0.343 e. The molecular weight excluding hydrogens is 406 g/mol. The molecule has 0 atom stereocenters. The van der Waals surface area contributed by atoms with Crippen molar-refractivity contribution in [2.75, 3.05) is 16.4 Å². The van der Waals surface area contributed by atoms with E-state index < -0.39 is 5.97 Å². The summed E-state index contributed by atoms with van der Waals surface area (Å²) in [5.41, 5.74) is 14.2. The molecule has 7 heteroatoms. The molecule has 4 rings (SSSR count). The fourth-order valence-electron chi connectivity index (χ4n) is 3.19. The van der Waals surface area contributed by atoms with E-state index >= 15 is 0 Å². The Hall–Kier alpha value is -4.65. The summed E-state index contributed by atoms with van der Waals surface area (Å²) in [7, 11) is 0. The highest BCUT2D eigenvalue weighted by molar-refractivity contribution is 5.92. The highest BCUT2D eigenvalue weighted by atomic mass is 16.5. The second-order valence-electron chi connectivity index (χ2n) is 7.07. The molecule has 0 radical (unpaired) electrons. The Balaban J connectivity index is 1.70. The lowest BCUT2D eigenvalue weighted by molar-refractivity contribution is 0.0735. The van der Waals surface area contributed by atoms with Gasteiger partial charge in [0.2, 0.25) is 0 Å². The molecule has 4 aromatic rings. The molecule has 0 aromatic heterocycles. The maximum absolute atomic E-state index is 12.5. The van der Waals surface area contributed by atoms with Crippen LogP contribution in [0.15, 0.2) is 91.0 Å². The van der Waals surface area contributed by atoms with E-state index in [0.29, 0.717) is 28.4 Å². The quantitative estimate of drug-likeness (QED) is 0.154. The number of para-hydroxylation sites is 1. The van der Waals surface area contributed by atoms with Crippen LogP contribution in [0.5, 0.6) is 17.2 Å². The second-order valence-corrected chi connectivity index (χ2v) is 7.07. The van der Waals surface area contributed by atoms with Gasteiger partial charge in [0, 0.05) is 29.2 Å². The van der Waals surface area contributed by atoms with Crippen LogP contribution in [0.2, 0.25) is 0 Å². The lowest BCUT2D eigenvalue weighted by Gasteiger charge is -2.26. The lowest BCUT2D eigenvalue weighted by Crippen LogP contribution is -2.12. The van der Waals surface area contributed by atoms with Gasteiger partial charge < -0.3 is 31.3 Å². The molecule has 0 bridgehead atoms. The minimum atomic E-state index is -0.482. The minimum absolute atomic E-state index is 0.0739. The summed E-state index contributed by atoms with van der Waals surface area (Å²) in [6.45, 7) is 0. The molecule has 32 heavy (non-hydrogen) atoms. The summed E-state index contributed by atoms with van der Waals surface area (Å²) in [6, 6.07) is 25.2. The van der Waals surface area contributed by atoms with Crippen molar-refractivity contribution in [3.63, 3.8) is 0 Å². The predicted molar refractivity (Wildman–Crippen MR) is 125 cm³/mol. The first kappa shape index (κ1) is 20.6. The number of phenols is 2. The largest absolute Gasteiger partial charge is 0.506 e. The van der Waals surface area contributed by atoms with Gasteiger partial charge in [-0.15, -0.1) is 0 Å². The van der Waals surface area contributed by atoms with Crippen LogP contribution in [0, 0.1) is 0 Å². The van der Waals surface area contributed by atoms with Gasteiger partial charge in [-0.05, 0) is 60.7 Å². The van der Waals surface area contributed by atoms with Gasteiger partial charge >= 0.3 is 5.97 Å². The summed E-state index contributed by atoms with van der Waals surface area (Å²) in [5.74, 6) is -0.173. The lowest BCUT2D eigenvalue weighted by atomic mass is 10.1. The van der Waals surface area contributed by atoms with Crippen LogP contribution in [-0.4, -0.2) is 16.2 Å². The van der Waals surface area contributed by atoms with Gasteiger partial charge in [-0.3, -0.25) is 0 Å². The number of nitrogens with two attached hydrogens (primary N) is 2. The summed E-state index contributed by atoms with van der Waals surface area (Å²) < 4.78 is 5.38. The third-order valence-electron chi connectivity index (χ3n) is 4.86. The first-order valence-electron chi connectivity index (χ1n) is 9.77. The Kier molecular flexibility index (Phi) is 5.55. The highest BCUT2D eigenvalue weighted by Crippen LogP contribution is 2.39. The zero-order chi connectivity index (χ0) is 22.7. The van der Waals surface area contributed by atoms with E-state index in [4.69, 9.17) is 16.2 Å². The molecule has 4 aromatic carbocycles. The summed E-state index contributed by atoms with van der Waals surface area (Å²) in [5, 5.41) is 20.2. The monoisotopic (exact) mass is 427 g/mol. The van der Waals surface area contributed by atoms with Crippen LogP contribution in [0.25, 0.3) is 0 Å². The van der Waals surface area contributed by atoms with Crippen molar-refractivity contribution >= 4 is 34.4 Å². The number of aromatic hydroxyl groups is 2. The number of esters is 1. The molecule has 0 amide bonds. The standard InChI is InChI=1S/C25H21N3O4/c26-21-12-10-18(14-23(21)29)28(19-11-13-22(27)24(30)15-19)17-8-6-16(7-9-17)25(31)32-20-4-2-1-3-5-20/h1-15,29-30H,26-27H2. The normalized spacial score (nSPS) is 10.5. The van der Waals surface area contributed by atoms with E-state index in [1.165, 1.54) is 12.1 Å². The van der Waals surface area contributed by atoms with Crippen molar-refractivity contribution in [1.82, 2.24) is 0 Å². The molecule has 0 spiro atoms. The van der Waals surface area contributed by atoms with E-state index in [1.54, 1.807) is 77.7 Å². The number of benzene rings is 4. The van der Waals surface area contributed by atoms with Gasteiger partial charge in [-0.25, -0.2) is 4.79 Å². The number of carbonyl (C=O) groups is 1. The molecule has 0 saturated heterocycles. The van der Waals surface area contributed by atoms with Crippen molar-refractivity contribution in [1.29, 1.82) is 0 Å². The average Bonchev–Trinajstić information content (AvgIpc) is 2.80. The summed E-state index contributed by atoms with van der Waals surface area (Å²) in [6.07, 6.45) is 0. The topological polar surface area (TPSA) is 122 Å². The number of hydrogen-bond donors (Lipinski definition) is 4. The third-order valence-corrected chi connectivity index (χ3v) is 4.86. The van der Waals surface area contributed by atoms with Crippen LogP contribution in [0.4, 0.5) is 28.4 Å². The highest BCUT2D eigenvalue weighted by Gasteiger charge is 2.16. The van der Waals surface area contributed by atoms with Crippen molar-refractivity contribution in [3.8, 4) is 17.2 Å². The number of hydrogen-bond acceptors (Lipinski definition) is 7. The zero-order valence-corrected chi connectivity index (χ0v) is 17.0. The number of carbonyl (C=O) groups excluding carboxylic acids is 1. The van der Waals surface area contributed by atoms with Crippen molar-refractivity contribution in [2.24, 2.45) is 0 Å². The molecule has 6 N–H and O–H groups in total. The van der Waals surface area contributed by atoms with E-state index in [1.807, 2.05) is 6.07 Å². The van der Waals surface area contributed by atoms with Gasteiger partial charge in [-0.1, -0.05) is 18.2 Å². The van der Waals surface area contributed by atoms with Gasteiger partial charge in [0.05, 0.1) is 16.9 Å². The van der Waals surface area contributed by atoms with Crippen LogP contribution < -0.4 is 21.1 Å². The van der Waals surface area contributed by atoms with Crippen molar-refractivity contribution in [2.45, 2.75) is 0 Å². The van der Waals surface area contributed by atoms with Gasteiger partial charge in [0.1, 0.15) is 17.2 Å². The maximum atomic E-state index is 12.5. The van der Waals surface area contributed by atoms with Crippen LogP contribution >= 0.6 is 0 Å². The molecule has 7 nitrogen and oxygen atoms in total. The molecule has 0 aliphatic rings. The van der Waals surface area contributed by atoms with Gasteiger partial charge in [-0.2, -0.15) is 0 Å². The van der Waals surface area contributed by atoms with Crippen molar-refractivity contribution < 1.29 is 19.7 Å². The molecular formula is C25H21N3O4. The average molecular weight is 427 g/mol. The Morgan fingerprint density at radius 3 is 1.69 bits per heavy atom. The Bertz CT molecular complexity index is 1210. The van der Waals surface area contributed by atoms with E-state index in [2.05, 4.69) is 0 Å². The van der Waals surface area contributed by atoms with Crippen LogP contribution in [0.1, 0.15) is 10.4 Å². The Labute approximate surface area is 184 Å². The number of nitrogen functional groups attached to an aromatic ring is 2. The molecule has 0 aliphatic heterocycles. The zero-order valence-electron chi connectivity index (χ0n) is 17.0. The molecule has 0 fully saturated rings. The van der Waals surface area contributed by atoms with Gasteiger partial charge in [0.25, 0.3) is 0 Å². The molecule has 0 heterocycles. The third kappa shape index (κ3) is 4.27. The maximum Gasteiger partial charge on any atom is 0.343 e. The number of phenolic OH excluding ortho intramolecular Hbond substituents is 2. The molecule has 0 unspecified atom stereocenters. The SMILES string of the molecule is Nc1ccc(N(c2ccc(C(=O)Oc3ccccc3)cc2)c2ccc(N)c(O)c2)cc1O. The molecule has 0 aliphatic carbocycles. The number of ether oxygens (including phenoxy) is 1. The summed E-state index contributed by atoms with van der Waals surface area (Å²) in [4.78, 5) is 14.3. The fraction of sp³-hybridized carbons (Fsp3) is 0. The fourth-order valence-corrected chi connectivity index (χ4v) is 3.19. The number of nitrogens with zero attached hydrogens (tertiary/aromatic N) is 1. The molecule has 0 saturated carbocycles. The predicted octanol–water partition coefficient (Wildman–Crippen LogP) is 4.95. The van der Waals surface area contributed by atoms with Crippen molar-refractivity contribution in [3.05, 3.63) is 96.6 Å². The summed E-state index contributed by atoms with van der Waals surface area (Å²) >= 11 is 0. The van der Waals surface area contributed by atoms with Gasteiger partial charge in [0.15, 0.2) is 0 Å². The van der Waals surface area contributed by atoms with E-state index in [9.17, 15) is 15.0 Å². The number of rotatable bonds is 5. The molecule has 160 valence electrons. The van der Waals surface area contributed by atoms with E-state index in [0.717, 1.165) is 0 Å². The minimum Gasteiger partial charge on any atom is -0.506 e. The first-order valence-corrected chi connectivity index (χ1v) is 9.77. The van der Waals surface area contributed by atoms with Crippen LogP contribution in [0.3, 0.4) is 0 Å². The first-order chi connectivity index (χ1) is 15.4. The van der Waals surface area contributed by atoms with Crippen LogP contribution in [-0.2, 0) is 0 Å². The van der Waals surface area contributed by atoms with E-state index in [-0.39, 0.29) is 22.9 Å². The second kappa shape index (κ2) is 8.61.